The van der Waals surface area contributed by atoms with Crippen LogP contribution in [0.15, 0.2) is 72.8 Å². The van der Waals surface area contributed by atoms with Crippen LogP contribution >= 0.6 is 0 Å². The highest BCUT2D eigenvalue weighted by atomic mass is 16.1. The summed E-state index contributed by atoms with van der Waals surface area (Å²) in [6, 6.07) is 25.7. The Morgan fingerprint density at radius 3 is 2.59 bits per heavy atom. The number of amides is 1. The van der Waals surface area contributed by atoms with Crippen molar-refractivity contribution in [1.82, 2.24) is 25.0 Å². The maximum atomic E-state index is 12.6. The summed E-state index contributed by atoms with van der Waals surface area (Å²) in [5.74, 6) is 1.90. The van der Waals surface area contributed by atoms with Gasteiger partial charge in [-0.25, -0.2) is 0 Å². The van der Waals surface area contributed by atoms with Crippen molar-refractivity contribution < 1.29 is 4.79 Å². The zero-order valence-corrected chi connectivity index (χ0v) is 21.4. The second-order valence-electron chi connectivity index (χ2n) is 10.3. The summed E-state index contributed by atoms with van der Waals surface area (Å²) < 4.78 is 2.21. The number of hydrogen-bond donors (Lipinski definition) is 1. The molecule has 4 aromatic rings. The summed E-state index contributed by atoms with van der Waals surface area (Å²) in [6.07, 6.45) is 3.09. The van der Waals surface area contributed by atoms with E-state index in [1.165, 1.54) is 33.4 Å². The zero-order valence-electron chi connectivity index (χ0n) is 21.4. The maximum Gasteiger partial charge on any atom is 0.220 e. The highest BCUT2D eigenvalue weighted by molar-refractivity contribution is 5.77. The summed E-state index contributed by atoms with van der Waals surface area (Å²) in [6.45, 7) is 5.65. The van der Waals surface area contributed by atoms with Crippen molar-refractivity contribution in [2.24, 2.45) is 0 Å². The van der Waals surface area contributed by atoms with Crippen molar-refractivity contribution in [3.8, 4) is 11.1 Å². The first kappa shape index (κ1) is 23.6. The summed E-state index contributed by atoms with van der Waals surface area (Å²) in [4.78, 5) is 15.1. The van der Waals surface area contributed by atoms with Crippen LogP contribution in [-0.4, -0.2) is 38.7 Å². The summed E-state index contributed by atoms with van der Waals surface area (Å²) >= 11 is 0. The van der Waals surface area contributed by atoms with Crippen molar-refractivity contribution in [1.29, 1.82) is 0 Å². The van der Waals surface area contributed by atoms with E-state index < -0.39 is 0 Å². The molecule has 1 atom stereocenters. The Labute approximate surface area is 218 Å². The summed E-state index contributed by atoms with van der Waals surface area (Å²) in [5, 5.41) is 12.1. The van der Waals surface area contributed by atoms with E-state index in [0.717, 1.165) is 57.1 Å². The lowest BCUT2D eigenvalue weighted by Crippen LogP contribution is -2.30. The predicted molar refractivity (Wildman–Crippen MR) is 145 cm³/mol. The van der Waals surface area contributed by atoms with E-state index in [9.17, 15) is 4.79 Å². The predicted octanol–water partition coefficient (Wildman–Crippen LogP) is 4.72. The van der Waals surface area contributed by atoms with Gasteiger partial charge < -0.3 is 9.88 Å². The number of hydrogen-bond acceptors (Lipinski definition) is 4. The minimum atomic E-state index is -0.172. The van der Waals surface area contributed by atoms with E-state index in [1.54, 1.807) is 0 Å². The molecule has 0 bridgehead atoms. The number of benzene rings is 3. The standard InChI is InChI=1S/C31H33N5O/c1-22(32-30(37)14-12-23-7-3-2-4-8-23)31-34-33-29-15-16-35(17-18-36(29)31)21-24-11-13-28-26(19-24)20-25-9-5-6-10-27(25)28/h2-11,13,19,22H,12,14-18,20-21H2,1H3,(H,32,37)/t22-/m1/s1. The van der Waals surface area contributed by atoms with Gasteiger partial charge in [0.15, 0.2) is 5.82 Å². The lowest BCUT2D eigenvalue weighted by atomic mass is 10.0. The molecule has 1 aliphatic carbocycles. The summed E-state index contributed by atoms with van der Waals surface area (Å²) in [5.41, 5.74) is 8.16. The molecule has 6 rings (SSSR count). The average Bonchev–Trinajstić information content (AvgIpc) is 3.44. The minimum Gasteiger partial charge on any atom is -0.346 e. The van der Waals surface area contributed by atoms with Crippen LogP contribution in [0.4, 0.5) is 0 Å². The zero-order chi connectivity index (χ0) is 25.2. The molecule has 0 fully saturated rings. The van der Waals surface area contributed by atoms with Gasteiger partial charge in [0.1, 0.15) is 5.82 Å². The molecule has 2 aliphatic rings. The molecule has 37 heavy (non-hydrogen) atoms. The molecule has 1 N–H and O–H groups in total. The molecule has 1 aromatic heterocycles. The molecule has 0 saturated heterocycles. The molecule has 0 spiro atoms. The Hall–Kier alpha value is -3.77. The molecule has 0 radical (unpaired) electrons. The van der Waals surface area contributed by atoms with Crippen LogP contribution in [0.2, 0.25) is 0 Å². The number of carbonyl (C=O) groups is 1. The smallest absolute Gasteiger partial charge is 0.220 e. The third-order valence-electron chi connectivity index (χ3n) is 7.66. The molecule has 1 amide bonds. The Balaban J connectivity index is 1.06. The van der Waals surface area contributed by atoms with E-state index in [0.29, 0.717) is 6.42 Å². The molecule has 1 aliphatic heterocycles. The van der Waals surface area contributed by atoms with Crippen molar-refractivity contribution in [2.75, 3.05) is 13.1 Å². The maximum absolute atomic E-state index is 12.6. The van der Waals surface area contributed by atoms with Gasteiger partial charge >= 0.3 is 0 Å². The number of aryl methyl sites for hydroxylation is 1. The van der Waals surface area contributed by atoms with E-state index in [4.69, 9.17) is 0 Å². The fourth-order valence-corrected chi connectivity index (χ4v) is 5.70. The van der Waals surface area contributed by atoms with Gasteiger partial charge in [-0.1, -0.05) is 72.8 Å². The Bertz CT molecular complexity index is 1410. The van der Waals surface area contributed by atoms with Gasteiger partial charge in [-0.3, -0.25) is 9.69 Å². The van der Waals surface area contributed by atoms with Gasteiger partial charge in [0, 0.05) is 39.0 Å². The van der Waals surface area contributed by atoms with Crippen LogP contribution in [0.3, 0.4) is 0 Å². The molecule has 6 nitrogen and oxygen atoms in total. The van der Waals surface area contributed by atoms with Crippen LogP contribution in [0, 0.1) is 0 Å². The number of rotatable bonds is 7. The van der Waals surface area contributed by atoms with Gasteiger partial charge in [-0.15, -0.1) is 10.2 Å². The topological polar surface area (TPSA) is 63.1 Å². The lowest BCUT2D eigenvalue weighted by molar-refractivity contribution is -0.121. The first-order chi connectivity index (χ1) is 18.1. The van der Waals surface area contributed by atoms with E-state index in [2.05, 4.69) is 79.6 Å². The monoisotopic (exact) mass is 491 g/mol. The van der Waals surface area contributed by atoms with E-state index in [1.807, 2.05) is 25.1 Å². The SMILES string of the molecule is C[C@@H](NC(=O)CCc1ccccc1)c1nnc2n1CCN(Cc1ccc3c(c1)Cc1ccccc1-3)CC2. The largest absolute Gasteiger partial charge is 0.346 e. The van der Waals surface area contributed by atoms with Crippen molar-refractivity contribution in [3.63, 3.8) is 0 Å². The Morgan fingerprint density at radius 1 is 0.892 bits per heavy atom. The highest BCUT2D eigenvalue weighted by Gasteiger charge is 2.23. The molecule has 0 saturated carbocycles. The quantitative estimate of drug-likeness (QED) is 0.358. The number of aromatic nitrogens is 3. The number of nitrogens with zero attached hydrogens (tertiary/aromatic N) is 4. The van der Waals surface area contributed by atoms with Gasteiger partial charge in [0.25, 0.3) is 0 Å². The second-order valence-corrected chi connectivity index (χ2v) is 10.3. The Morgan fingerprint density at radius 2 is 1.70 bits per heavy atom. The molecule has 3 aromatic carbocycles. The van der Waals surface area contributed by atoms with Gasteiger partial charge in [0.2, 0.25) is 5.91 Å². The van der Waals surface area contributed by atoms with Crippen LogP contribution in [0.5, 0.6) is 0 Å². The third-order valence-corrected chi connectivity index (χ3v) is 7.66. The van der Waals surface area contributed by atoms with Gasteiger partial charge in [-0.05, 0) is 53.1 Å². The summed E-state index contributed by atoms with van der Waals surface area (Å²) in [7, 11) is 0. The van der Waals surface area contributed by atoms with E-state index in [-0.39, 0.29) is 11.9 Å². The van der Waals surface area contributed by atoms with E-state index >= 15 is 0 Å². The Kier molecular flexibility index (Phi) is 6.58. The fourth-order valence-electron chi connectivity index (χ4n) is 5.70. The van der Waals surface area contributed by atoms with Crippen LogP contribution in [-0.2, 0) is 37.1 Å². The fraction of sp³-hybridized carbons (Fsp3) is 0.323. The highest BCUT2D eigenvalue weighted by Crippen LogP contribution is 2.36. The van der Waals surface area contributed by atoms with Crippen molar-refractivity contribution in [3.05, 3.63) is 107 Å². The van der Waals surface area contributed by atoms with Crippen LogP contribution < -0.4 is 5.32 Å². The third kappa shape index (κ3) is 5.07. The molecule has 2 heterocycles. The lowest BCUT2D eigenvalue weighted by Gasteiger charge is -2.20. The first-order valence-electron chi connectivity index (χ1n) is 13.3. The van der Waals surface area contributed by atoms with Crippen molar-refractivity contribution >= 4 is 5.91 Å². The van der Waals surface area contributed by atoms with Gasteiger partial charge in [0.05, 0.1) is 6.04 Å². The minimum absolute atomic E-state index is 0.0442. The van der Waals surface area contributed by atoms with Crippen LogP contribution in [0.1, 0.15) is 53.3 Å². The number of carbonyl (C=O) groups excluding carboxylic acids is 1. The molecular formula is C31H33N5O. The van der Waals surface area contributed by atoms with Gasteiger partial charge in [-0.2, -0.15) is 0 Å². The number of fused-ring (bicyclic) bond motifs is 4. The molecule has 0 unspecified atom stereocenters. The second kappa shape index (κ2) is 10.3. The normalized spacial score (nSPS) is 15.4. The average molecular weight is 492 g/mol. The first-order valence-corrected chi connectivity index (χ1v) is 13.3. The molecule has 6 heteroatoms. The van der Waals surface area contributed by atoms with Crippen LogP contribution in [0.25, 0.3) is 11.1 Å². The molecular weight excluding hydrogens is 458 g/mol. The number of nitrogens with one attached hydrogen (secondary N) is 1. The molecule has 188 valence electrons. The van der Waals surface area contributed by atoms with Crippen molar-refractivity contribution in [2.45, 2.75) is 51.7 Å².